The SMILES string of the molecule is O=C(Oc1cccc(/C=N/NC(=O)c2ccccc2-n2cccc2)c1)c1ccccc1Br. The monoisotopic (exact) mass is 487 g/mol. The number of aromatic nitrogens is 1. The van der Waals surface area contributed by atoms with Gasteiger partial charge in [-0.2, -0.15) is 5.10 Å². The third-order valence-electron chi connectivity index (χ3n) is 4.57. The number of carbonyl (C=O) groups is 2. The summed E-state index contributed by atoms with van der Waals surface area (Å²) in [6.07, 6.45) is 5.23. The number of nitrogens with zero attached hydrogens (tertiary/aromatic N) is 2. The summed E-state index contributed by atoms with van der Waals surface area (Å²) in [5.41, 5.74) is 4.90. The second kappa shape index (κ2) is 9.89. The third kappa shape index (κ3) is 5.01. The second-order valence-electron chi connectivity index (χ2n) is 6.75. The van der Waals surface area contributed by atoms with Gasteiger partial charge in [-0.1, -0.05) is 36.4 Å². The number of halogens is 1. The lowest BCUT2D eigenvalue weighted by Gasteiger charge is -2.09. The maximum Gasteiger partial charge on any atom is 0.344 e. The van der Waals surface area contributed by atoms with Crippen LogP contribution in [0.3, 0.4) is 0 Å². The van der Waals surface area contributed by atoms with E-state index in [1.807, 2.05) is 47.3 Å². The standard InChI is InChI=1S/C25H18BrN3O3/c26-22-12-3-1-10-20(22)25(31)32-19-9-7-8-18(16-19)17-27-28-24(30)21-11-2-4-13-23(21)29-14-5-6-15-29/h1-17H,(H,28,30)/b27-17+. The molecule has 1 aromatic heterocycles. The summed E-state index contributed by atoms with van der Waals surface area (Å²) < 4.78 is 7.98. The van der Waals surface area contributed by atoms with E-state index in [4.69, 9.17) is 4.74 Å². The van der Waals surface area contributed by atoms with Crippen LogP contribution in [0.15, 0.2) is 107 Å². The lowest BCUT2D eigenvalue weighted by atomic mass is 10.1. The molecular weight excluding hydrogens is 470 g/mol. The van der Waals surface area contributed by atoms with Crippen LogP contribution in [0.5, 0.6) is 5.75 Å². The number of benzene rings is 3. The Bertz CT molecular complexity index is 1280. The number of nitrogens with one attached hydrogen (secondary N) is 1. The summed E-state index contributed by atoms with van der Waals surface area (Å²) >= 11 is 3.35. The first-order valence-corrected chi connectivity index (χ1v) is 10.5. The van der Waals surface area contributed by atoms with Crippen molar-refractivity contribution < 1.29 is 14.3 Å². The quantitative estimate of drug-likeness (QED) is 0.175. The van der Waals surface area contributed by atoms with Crippen LogP contribution in [0.4, 0.5) is 0 Å². The van der Waals surface area contributed by atoms with Crippen LogP contribution in [0.25, 0.3) is 5.69 Å². The fraction of sp³-hybridized carbons (Fsp3) is 0. The summed E-state index contributed by atoms with van der Waals surface area (Å²) in [5.74, 6) is -0.428. The van der Waals surface area contributed by atoms with Gasteiger partial charge in [0, 0.05) is 16.9 Å². The molecule has 1 amide bonds. The molecule has 3 aromatic carbocycles. The molecule has 158 valence electrons. The van der Waals surface area contributed by atoms with Gasteiger partial charge in [-0.05, 0) is 70.0 Å². The number of esters is 1. The minimum atomic E-state index is -0.471. The highest BCUT2D eigenvalue weighted by Gasteiger charge is 2.13. The number of hydrazone groups is 1. The topological polar surface area (TPSA) is 72.7 Å². The first-order valence-electron chi connectivity index (χ1n) is 9.74. The average molecular weight is 488 g/mol. The van der Waals surface area contributed by atoms with Gasteiger partial charge in [0.15, 0.2) is 0 Å². The minimum Gasteiger partial charge on any atom is -0.423 e. The third-order valence-corrected chi connectivity index (χ3v) is 5.26. The molecule has 32 heavy (non-hydrogen) atoms. The zero-order valence-electron chi connectivity index (χ0n) is 16.8. The van der Waals surface area contributed by atoms with Crippen LogP contribution in [0, 0.1) is 0 Å². The number of hydrogen-bond donors (Lipinski definition) is 1. The molecule has 0 radical (unpaired) electrons. The number of amides is 1. The van der Waals surface area contributed by atoms with E-state index < -0.39 is 5.97 Å². The highest BCUT2D eigenvalue weighted by molar-refractivity contribution is 9.10. The fourth-order valence-corrected chi connectivity index (χ4v) is 3.51. The molecule has 4 rings (SSSR count). The van der Waals surface area contributed by atoms with Crippen LogP contribution in [0.2, 0.25) is 0 Å². The average Bonchev–Trinajstić information content (AvgIpc) is 3.34. The zero-order valence-corrected chi connectivity index (χ0v) is 18.4. The Kier molecular flexibility index (Phi) is 6.57. The molecule has 1 heterocycles. The Hall–Kier alpha value is -3.97. The van der Waals surface area contributed by atoms with Gasteiger partial charge in [-0.25, -0.2) is 10.2 Å². The van der Waals surface area contributed by atoms with E-state index in [1.165, 1.54) is 6.21 Å². The summed E-state index contributed by atoms with van der Waals surface area (Å²) in [6, 6.07) is 25.0. The minimum absolute atomic E-state index is 0.331. The van der Waals surface area contributed by atoms with Gasteiger partial charge in [0.1, 0.15) is 5.75 Å². The van der Waals surface area contributed by atoms with Crippen LogP contribution < -0.4 is 10.2 Å². The Morgan fingerprint density at radius 1 is 0.875 bits per heavy atom. The van der Waals surface area contributed by atoms with Gasteiger partial charge in [0.25, 0.3) is 5.91 Å². The maximum atomic E-state index is 12.6. The summed E-state index contributed by atoms with van der Waals surface area (Å²) in [7, 11) is 0. The fourth-order valence-electron chi connectivity index (χ4n) is 3.06. The van der Waals surface area contributed by atoms with Crippen molar-refractivity contribution in [3.63, 3.8) is 0 Å². The van der Waals surface area contributed by atoms with Crippen molar-refractivity contribution in [2.24, 2.45) is 5.10 Å². The predicted molar refractivity (Wildman–Crippen MR) is 126 cm³/mol. The molecule has 0 atom stereocenters. The number of hydrogen-bond acceptors (Lipinski definition) is 4. The molecule has 0 saturated carbocycles. The molecule has 7 heteroatoms. The van der Waals surface area contributed by atoms with Crippen LogP contribution in [0.1, 0.15) is 26.3 Å². The lowest BCUT2D eigenvalue weighted by Crippen LogP contribution is -2.19. The van der Waals surface area contributed by atoms with Gasteiger partial charge in [0.2, 0.25) is 0 Å². The molecule has 1 N–H and O–H groups in total. The molecule has 0 bridgehead atoms. The smallest absolute Gasteiger partial charge is 0.344 e. The Balaban J connectivity index is 1.43. The van der Waals surface area contributed by atoms with Crippen molar-refractivity contribution in [3.05, 3.63) is 118 Å². The first-order chi connectivity index (χ1) is 15.6. The second-order valence-corrected chi connectivity index (χ2v) is 7.60. The summed E-state index contributed by atoms with van der Waals surface area (Å²) in [4.78, 5) is 25.0. The van der Waals surface area contributed by atoms with Gasteiger partial charge < -0.3 is 9.30 Å². The lowest BCUT2D eigenvalue weighted by molar-refractivity contribution is 0.0733. The molecule has 0 unspecified atom stereocenters. The Labute approximate surface area is 193 Å². The number of para-hydroxylation sites is 1. The molecular formula is C25H18BrN3O3. The summed E-state index contributed by atoms with van der Waals surface area (Å²) in [6.45, 7) is 0. The van der Waals surface area contributed by atoms with Crippen molar-refractivity contribution in [2.45, 2.75) is 0 Å². The number of carbonyl (C=O) groups excluding carboxylic acids is 2. The molecule has 0 aliphatic rings. The van der Waals surface area contributed by atoms with Crippen LogP contribution in [-0.4, -0.2) is 22.7 Å². The van der Waals surface area contributed by atoms with Gasteiger partial charge in [-0.15, -0.1) is 0 Å². The highest BCUT2D eigenvalue weighted by atomic mass is 79.9. The predicted octanol–water partition coefficient (Wildman–Crippen LogP) is 5.22. The van der Waals surface area contributed by atoms with Gasteiger partial charge >= 0.3 is 5.97 Å². The van der Waals surface area contributed by atoms with E-state index in [0.29, 0.717) is 26.9 Å². The molecule has 0 aliphatic carbocycles. The number of ether oxygens (including phenoxy) is 1. The zero-order chi connectivity index (χ0) is 22.3. The van der Waals surface area contributed by atoms with Crippen molar-refractivity contribution in [2.75, 3.05) is 0 Å². The molecule has 4 aromatic rings. The van der Waals surface area contributed by atoms with E-state index in [2.05, 4.69) is 26.5 Å². The Morgan fingerprint density at radius 3 is 2.38 bits per heavy atom. The Morgan fingerprint density at radius 2 is 1.59 bits per heavy atom. The maximum absolute atomic E-state index is 12.6. The van der Waals surface area contributed by atoms with E-state index in [1.54, 1.807) is 54.6 Å². The summed E-state index contributed by atoms with van der Waals surface area (Å²) in [5, 5.41) is 4.05. The largest absolute Gasteiger partial charge is 0.423 e. The van der Waals surface area contributed by atoms with Crippen molar-refractivity contribution in [3.8, 4) is 11.4 Å². The van der Waals surface area contributed by atoms with Crippen molar-refractivity contribution in [1.29, 1.82) is 0 Å². The number of rotatable bonds is 6. The van der Waals surface area contributed by atoms with E-state index in [0.717, 1.165) is 5.69 Å². The molecule has 0 aliphatic heterocycles. The van der Waals surface area contributed by atoms with E-state index >= 15 is 0 Å². The first kappa shape index (κ1) is 21.3. The van der Waals surface area contributed by atoms with Crippen molar-refractivity contribution >= 4 is 34.0 Å². The molecule has 0 fully saturated rings. The van der Waals surface area contributed by atoms with Gasteiger partial charge in [0.05, 0.1) is 23.0 Å². The van der Waals surface area contributed by atoms with Crippen LogP contribution >= 0.6 is 15.9 Å². The molecule has 6 nitrogen and oxygen atoms in total. The van der Waals surface area contributed by atoms with Crippen LogP contribution in [-0.2, 0) is 0 Å². The highest BCUT2D eigenvalue weighted by Crippen LogP contribution is 2.20. The molecule has 0 spiro atoms. The van der Waals surface area contributed by atoms with Crippen molar-refractivity contribution in [1.82, 2.24) is 9.99 Å². The normalized spacial score (nSPS) is 10.8. The van der Waals surface area contributed by atoms with Gasteiger partial charge in [-0.3, -0.25) is 4.79 Å². The molecule has 0 saturated heterocycles. The van der Waals surface area contributed by atoms with E-state index in [9.17, 15) is 9.59 Å². The van der Waals surface area contributed by atoms with E-state index in [-0.39, 0.29) is 5.91 Å².